The van der Waals surface area contributed by atoms with Gasteiger partial charge in [-0.15, -0.1) is 11.3 Å². The first-order valence-corrected chi connectivity index (χ1v) is 13.6. The van der Waals surface area contributed by atoms with Crippen LogP contribution in [0.5, 0.6) is 0 Å². The molecule has 2 saturated heterocycles. The van der Waals surface area contributed by atoms with E-state index in [0.29, 0.717) is 49.9 Å². The van der Waals surface area contributed by atoms with Gasteiger partial charge in [0.25, 0.3) is 11.8 Å². The first-order chi connectivity index (χ1) is 17.9. The summed E-state index contributed by atoms with van der Waals surface area (Å²) in [6, 6.07) is 6.16. The zero-order chi connectivity index (χ0) is 26.4. The maximum absolute atomic E-state index is 13.1. The summed E-state index contributed by atoms with van der Waals surface area (Å²) in [4.78, 5) is 35.2. The molecule has 2 fully saturated rings. The smallest absolute Gasteiger partial charge is 0.275 e. The summed E-state index contributed by atoms with van der Waals surface area (Å²) in [7, 11) is 3.30. The van der Waals surface area contributed by atoms with Crippen molar-refractivity contribution in [3.63, 3.8) is 0 Å². The molecule has 2 aromatic rings. The van der Waals surface area contributed by atoms with Gasteiger partial charge in [-0.2, -0.15) is 0 Å². The molecular formula is C26H37N5O5S. The zero-order valence-electron chi connectivity index (χ0n) is 22.0. The van der Waals surface area contributed by atoms with E-state index in [0.717, 1.165) is 30.2 Å². The minimum atomic E-state index is -0.348. The van der Waals surface area contributed by atoms with Crippen LogP contribution in [-0.2, 0) is 20.8 Å². The molecule has 0 unspecified atom stereocenters. The molecule has 11 heteroatoms. The molecule has 0 saturated carbocycles. The van der Waals surface area contributed by atoms with Crippen LogP contribution in [0, 0.1) is 0 Å². The summed E-state index contributed by atoms with van der Waals surface area (Å²) in [6.45, 7) is 8.72. The first-order valence-electron chi connectivity index (χ1n) is 12.7. The van der Waals surface area contributed by atoms with Crippen molar-refractivity contribution in [1.82, 2.24) is 15.2 Å². The summed E-state index contributed by atoms with van der Waals surface area (Å²) in [5.41, 5.74) is 2.18. The number of nitrogens with zero attached hydrogens (tertiary/aromatic N) is 3. The van der Waals surface area contributed by atoms with Gasteiger partial charge in [-0.3, -0.25) is 14.5 Å². The van der Waals surface area contributed by atoms with Crippen LogP contribution in [-0.4, -0.2) is 93.6 Å². The summed E-state index contributed by atoms with van der Waals surface area (Å²) < 4.78 is 16.2. The Morgan fingerprint density at radius 1 is 1.19 bits per heavy atom. The highest BCUT2D eigenvalue weighted by Crippen LogP contribution is 2.27. The number of rotatable bonds is 10. The zero-order valence-corrected chi connectivity index (χ0v) is 22.8. The number of hydrogen-bond donors (Lipinski definition) is 2. The van der Waals surface area contributed by atoms with Gasteiger partial charge in [-0.25, -0.2) is 4.98 Å². The molecule has 0 spiro atoms. The number of thiazole rings is 1. The maximum atomic E-state index is 13.1. The third kappa shape index (κ3) is 6.85. The van der Waals surface area contributed by atoms with E-state index >= 15 is 0 Å². The summed E-state index contributed by atoms with van der Waals surface area (Å²) >= 11 is 1.43. The topological polar surface area (TPSA) is 105 Å². The van der Waals surface area contributed by atoms with Gasteiger partial charge in [0, 0.05) is 57.9 Å². The lowest BCUT2D eigenvalue weighted by atomic mass is 10.0. The van der Waals surface area contributed by atoms with Gasteiger partial charge >= 0.3 is 0 Å². The molecule has 1 aromatic heterocycles. The molecule has 2 N–H and O–H groups in total. The van der Waals surface area contributed by atoms with E-state index in [1.807, 2.05) is 12.1 Å². The quantitative estimate of drug-likeness (QED) is 0.451. The minimum absolute atomic E-state index is 0.183. The molecule has 1 aromatic carbocycles. The number of ether oxygens (including phenoxy) is 3. The SMILES string of the molecule is COCCNC(=O)c1cc(CN2[C@@H](C)COC[C@@H]2C)ccc1NC(=O)c1csc(N2CC[C@H](OC)C2)n1. The second-order valence-electron chi connectivity index (χ2n) is 9.60. The number of methoxy groups -OCH3 is 2. The third-order valence-electron chi connectivity index (χ3n) is 6.86. The standard InChI is InChI=1S/C26H37N5O5S/c1-17-14-36-15-18(2)31(17)12-19-5-6-22(21(11-19)24(32)27-8-10-34-3)28-25(33)23-16-37-26(29-23)30-9-7-20(13-30)35-4/h5-6,11,16-18,20H,7-10,12-15H2,1-4H3,(H,27,32)(H,28,33)/t17-,18-,20-/m0/s1. The lowest BCUT2D eigenvalue weighted by Gasteiger charge is -2.38. The largest absolute Gasteiger partial charge is 0.383 e. The van der Waals surface area contributed by atoms with Gasteiger partial charge < -0.3 is 29.7 Å². The molecular weight excluding hydrogens is 494 g/mol. The second-order valence-corrected chi connectivity index (χ2v) is 10.4. The Labute approximate surface area is 222 Å². The van der Waals surface area contributed by atoms with Crippen LogP contribution < -0.4 is 15.5 Å². The van der Waals surface area contributed by atoms with Crippen LogP contribution in [0.25, 0.3) is 0 Å². The summed E-state index contributed by atoms with van der Waals surface area (Å²) in [6.07, 6.45) is 1.12. The van der Waals surface area contributed by atoms with Gasteiger partial charge in [0.05, 0.1) is 37.2 Å². The number of carbonyl (C=O) groups is 2. The molecule has 2 amide bonds. The molecule has 0 aliphatic carbocycles. The van der Waals surface area contributed by atoms with E-state index < -0.39 is 0 Å². The van der Waals surface area contributed by atoms with Crippen molar-refractivity contribution in [3.8, 4) is 0 Å². The van der Waals surface area contributed by atoms with Crippen LogP contribution in [0.1, 0.15) is 46.7 Å². The Morgan fingerprint density at radius 2 is 1.97 bits per heavy atom. The number of nitrogens with one attached hydrogen (secondary N) is 2. The van der Waals surface area contributed by atoms with Crippen LogP contribution >= 0.6 is 11.3 Å². The van der Waals surface area contributed by atoms with Crippen molar-refractivity contribution < 1.29 is 23.8 Å². The number of amides is 2. The first kappa shape index (κ1) is 27.5. The highest BCUT2D eigenvalue weighted by molar-refractivity contribution is 7.14. The number of benzene rings is 1. The molecule has 3 heterocycles. The lowest BCUT2D eigenvalue weighted by Crippen LogP contribution is -2.48. The van der Waals surface area contributed by atoms with Gasteiger partial charge in [0.1, 0.15) is 5.69 Å². The van der Waals surface area contributed by atoms with Gasteiger partial charge in [0.15, 0.2) is 5.13 Å². The number of hydrogen-bond acceptors (Lipinski definition) is 9. The average molecular weight is 532 g/mol. The van der Waals surface area contributed by atoms with Crippen molar-refractivity contribution in [2.24, 2.45) is 0 Å². The Bertz CT molecular complexity index is 1070. The van der Waals surface area contributed by atoms with E-state index in [1.165, 1.54) is 11.3 Å². The Kier molecular flexibility index (Phi) is 9.49. The predicted octanol–water partition coefficient (Wildman–Crippen LogP) is 2.61. The van der Waals surface area contributed by atoms with E-state index in [4.69, 9.17) is 14.2 Å². The van der Waals surface area contributed by atoms with Gasteiger partial charge in [-0.05, 0) is 38.0 Å². The average Bonchev–Trinajstić information content (AvgIpc) is 3.57. The molecule has 202 valence electrons. The molecule has 0 radical (unpaired) electrons. The van der Waals surface area contributed by atoms with Crippen molar-refractivity contribution >= 4 is 34.0 Å². The van der Waals surface area contributed by atoms with Crippen molar-refractivity contribution in [2.75, 3.05) is 63.9 Å². The van der Waals surface area contributed by atoms with Crippen LogP contribution in [0.15, 0.2) is 23.6 Å². The highest BCUT2D eigenvalue weighted by Gasteiger charge is 2.27. The highest BCUT2D eigenvalue weighted by atomic mass is 32.1. The Morgan fingerprint density at radius 3 is 2.68 bits per heavy atom. The molecule has 2 aliphatic rings. The molecule has 0 bridgehead atoms. The number of morpholine rings is 1. The van der Waals surface area contributed by atoms with E-state index in [2.05, 4.69) is 39.3 Å². The fraction of sp³-hybridized carbons (Fsp3) is 0.577. The van der Waals surface area contributed by atoms with Crippen LogP contribution in [0.2, 0.25) is 0 Å². The van der Waals surface area contributed by atoms with Crippen molar-refractivity contribution in [1.29, 1.82) is 0 Å². The fourth-order valence-electron chi connectivity index (χ4n) is 4.70. The van der Waals surface area contributed by atoms with Crippen LogP contribution in [0.3, 0.4) is 0 Å². The third-order valence-corrected chi connectivity index (χ3v) is 7.76. The molecule has 10 nitrogen and oxygen atoms in total. The number of carbonyl (C=O) groups excluding carboxylic acids is 2. The Balaban J connectivity index is 1.51. The van der Waals surface area contributed by atoms with E-state index in [1.54, 1.807) is 25.7 Å². The van der Waals surface area contributed by atoms with Crippen molar-refractivity contribution in [2.45, 2.75) is 45.0 Å². The Hall–Kier alpha value is -2.57. The van der Waals surface area contributed by atoms with Crippen molar-refractivity contribution in [3.05, 3.63) is 40.4 Å². The van der Waals surface area contributed by atoms with E-state index in [-0.39, 0.29) is 30.0 Å². The summed E-state index contributed by atoms with van der Waals surface area (Å²) in [5, 5.41) is 8.32. The minimum Gasteiger partial charge on any atom is -0.383 e. The summed E-state index contributed by atoms with van der Waals surface area (Å²) in [5.74, 6) is -0.613. The molecule has 37 heavy (non-hydrogen) atoms. The normalized spacial score (nSPS) is 22.3. The van der Waals surface area contributed by atoms with Crippen LogP contribution in [0.4, 0.5) is 10.8 Å². The molecule has 3 atom stereocenters. The fourth-order valence-corrected chi connectivity index (χ4v) is 5.54. The lowest BCUT2D eigenvalue weighted by molar-refractivity contribution is -0.0409. The van der Waals surface area contributed by atoms with E-state index in [9.17, 15) is 9.59 Å². The van der Waals surface area contributed by atoms with Gasteiger partial charge in [0.2, 0.25) is 0 Å². The number of aromatic nitrogens is 1. The number of anilines is 2. The second kappa shape index (κ2) is 12.8. The maximum Gasteiger partial charge on any atom is 0.275 e. The predicted molar refractivity (Wildman–Crippen MR) is 144 cm³/mol. The van der Waals surface area contributed by atoms with Gasteiger partial charge in [-0.1, -0.05) is 6.07 Å². The molecule has 2 aliphatic heterocycles. The monoisotopic (exact) mass is 531 g/mol. The molecule has 4 rings (SSSR count).